The number of carbonyl (C=O) groups is 2. The van der Waals surface area contributed by atoms with Gasteiger partial charge >= 0.3 is 0 Å². The summed E-state index contributed by atoms with van der Waals surface area (Å²) in [5.41, 5.74) is 5.92. The largest absolute Gasteiger partial charge is 0.482 e. The Morgan fingerprint density at radius 2 is 1.72 bits per heavy atom. The number of amides is 2. The van der Waals surface area contributed by atoms with Crippen LogP contribution in [0.2, 0.25) is 5.02 Å². The maximum absolute atomic E-state index is 12.8. The molecule has 2 rings (SSSR count). The molecule has 0 atom stereocenters. The summed E-state index contributed by atoms with van der Waals surface area (Å²) < 4.78 is 32.4. The van der Waals surface area contributed by atoms with E-state index in [1.807, 2.05) is 0 Å². The van der Waals surface area contributed by atoms with Gasteiger partial charge in [-0.3, -0.25) is 9.59 Å². The van der Waals surface area contributed by atoms with Crippen LogP contribution in [-0.2, 0) is 14.8 Å². The van der Waals surface area contributed by atoms with Crippen molar-refractivity contribution in [3.8, 4) is 5.75 Å². The highest BCUT2D eigenvalue weighted by Gasteiger charge is 2.26. The SMILES string of the molecule is CCN(CC)S(=O)(=O)c1cc(Cl)ccc1OCC(=O)Nc1ccc(C(N)=O)cc1. The van der Waals surface area contributed by atoms with Gasteiger partial charge in [0.25, 0.3) is 5.91 Å². The molecule has 0 saturated heterocycles. The molecule has 0 aromatic heterocycles. The van der Waals surface area contributed by atoms with Gasteiger partial charge in [0.15, 0.2) is 6.61 Å². The zero-order valence-electron chi connectivity index (χ0n) is 16.0. The number of nitrogens with zero attached hydrogens (tertiary/aromatic N) is 1. The van der Waals surface area contributed by atoms with Gasteiger partial charge in [0.05, 0.1) is 0 Å². The molecule has 0 spiro atoms. The Bertz CT molecular complexity index is 989. The second-order valence-corrected chi connectivity index (χ2v) is 8.30. The molecule has 2 amide bonds. The third-order valence-corrected chi connectivity index (χ3v) is 6.35. The minimum absolute atomic E-state index is 0.0283. The van der Waals surface area contributed by atoms with Crippen molar-refractivity contribution in [2.45, 2.75) is 18.7 Å². The third kappa shape index (κ3) is 5.69. The summed E-state index contributed by atoms with van der Waals surface area (Å²) in [6.07, 6.45) is 0. The van der Waals surface area contributed by atoms with E-state index in [0.29, 0.717) is 11.3 Å². The molecule has 0 bridgehead atoms. The highest BCUT2D eigenvalue weighted by atomic mass is 35.5. The molecule has 2 aromatic carbocycles. The molecule has 156 valence electrons. The van der Waals surface area contributed by atoms with Crippen molar-refractivity contribution >= 4 is 39.1 Å². The van der Waals surface area contributed by atoms with Gasteiger partial charge in [0.1, 0.15) is 10.6 Å². The highest BCUT2D eigenvalue weighted by Crippen LogP contribution is 2.29. The number of ether oxygens (including phenoxy) is 1. The van der Waals surface area contributed by atoms with Crippen LogP contribution in [0.15, 0.2) is 47.4 Å². The number of anilines is 1. The second kappa shape index (κ2) is 9.73. The molecular formula is C19H22ClN3O5S. The molecule has 0 fully saturated rings. The molecule has 0 aliphatic rings. The number of halogens is 1. The van der Waals surface area contributed by atoms with Crippen LogP contribution in [0, 0.1) is 0 Å². The number of carbonyl (C=O) groups excluding carboxylic acids is 2. The number of hydrogen-bond acceptors (Lipinski definition) is 5. The van der Waals surface area contributed by atoms with Crippen LogP contribution in [0.1, 0.15) is 24.2 Å². The number of nitrogens with two attached hydrogens (primary N) is 1. The van der Waals surface area contributed by atoms with E-state index in [2.05, 4.69) is 5.32 Å². The Morgan fingerprint density at radius 1 is 1.10 bits per heavy atom. The highest BCUT2D eigenvalue weighted by molar-refractivity contribution is 7.89. The molecule has 0 aliphatic heterocycles. The van der Waals surface area contributed by atoms with E-state index in [1.165, 1.54) is 46.8 Å². The number of primary amides is 1. The monoisotopic (exact) mass is 439 g/mol. The molecule has 29 heavy (non-hydrogen) atoms. The Labute approximate surface area is 174 Å². The fraction of sp³-hybridized carbons (Fsp3) is 0.263. The van der Waals surface area contributed by atoms with Crippen LogP contribution in [0.4, 0.5) is 5.69 Å². The molecule has 2 aromatic rings. The van der Waals surface area contributed by atoms with Crippen molar-refractivity contribution in [1.82, 2.24) is 4.31 Å². The third-order valence-electron chi connectivity index (χ3n) is 4.04. The van der Waals surface area contributed by atoms with Gasteiger partial charge in [-0.2, -0.15) is 4.31 Å². The quantitative estimate of drug-likeness (QED) is 0.622. The van der Waals surface area contributed by atoms with E-state index in [0.717, 1.165) is 0 Å². The zero-order valence-corrected chi connectivity index (χ0v) is 17.6. The van der Waals surface area contributed by atoms with Gasteiger partial charge in [-0.1, -0.05) is 25.4 Å². The maximum Gasteiger partial charge on any atom is 0.262 e. The van der Waals surface area contributed by atoms with Gasteiger partial charge in [0, 0.05) is 29.4 Å². The van der Waals surface area contributed by atoms with Crippen LogP contribution >= 0.6 is 11.6 Å². The van der Waals surface area contributed by atoms with E-state index in [9.17, 15) is 18.0 Å². The van der Waals surface area contributed by atoms with Crippen molar-refractivity contribution in [3.05, 3.63) is 53.1 Å². The van der Waals surface area contributed by atoms with Crippen LogP contribution in [0.25, 0.3) is 0 Å². The normalized spacial score (nSPS) is 11.3. The van der Waals surface area contributed by atoms with Gasteiger partial charge < -0.3 is 15.8 Å². The lowest BCUT2D eigenvalue weighted by atomic mass is 10.2. The van der Waals surface area contributed by atoms with E-state index in [4.69, 9.17) is 22.1 Å². The molecule has 0 heterocycles. The van der Waals surface area contributed by atoms with Crippen molar-refractivity contribution in [2.75, 3.05) is 25.0 Å². The summed E-state index contributed by atoms with van der Waals surface area (Å²) in [7, 11) is -3.83. The van der Waals surface area contributed by atoms with Crippen molar-refractivity contribution in [3.63, 3.8) is 0 Å². The number of nitrogens with one attached hydrogen (secondary N) is 1. The van der Waals surface area contributed by atoms with Crippen LogP contribution in [0.5, 0.6) is 5.75 Å². The Hall–Kier alpha value is -2.62. The molecule has 0 aliphatic carbocycles. The van der Waals surface area contributed by atoms with Crippen LogP contribution in [-0.4, -0.2) is 44.2 Å². The number of hydrogen-bond donors (Lipinski definition) is 2. The summed E-state index contributed by atoms with van der Waals surface area (Å²) in [6, 6.07) is 10.2. The molecule has 0 saturated carbocycles. The molecule has 0 unspecified atom stereocenters. The first-order valence-corrected chi connectivity index (χ1v) is 10.6. The molecule has 10 heteroatoms. The summed E-state index contributed by atoms with van der Waals surface area (Å²) in [6.45, 7) is 3.60. The first kappa shape index (κ1) is 22.7. The van der Waals surface area contributed by atoms with E-state index < -0.39 is 28.4 Å². The molecular weight excluding hydrogens is 418 g/mol. The second-order valence-electron chi connectivity index (χ2n) is 5.96. The predicted octanol–water partition coefficient (Wildman–Crippen LogP) is 2.49. The van der Waals surface area contributed by atoms with Gasteiger partial charge in [-0.05, 0) is 42.5 Å². The topological polar surface area (TPSA) is 119 Å². The summed E-state index contributed by atoms with van der Waals surface area (Å²) in [4.78, 5) is 23.1. The predicted molar refractivity (Wildman–Crippen MR) is 111 cm³/mol. The minimum atomic E-state index is -3.83. The number of sulfonamides is 1. The standard InChI is InChI=1S/C19H22ClN3O5S/c1-3-23(4-2)29(26,27)17-11-14(20)7-10-16(17)28-12-18(24)22-15-8-5-13(6-9-15)19(21)25/h5-11H,3-4,12H2,1-2H3,(H2,21,25)(H,22,24). The fourth-order valence-corrected chi connectivity index (χ4v) is 4.42. The molecule has 8 nitrogen and oxygen atoms in total. The lowest BCUT2D eigenvalue weighted by Gasteiger charge is -2.20. The summed E-state index contributed by atoms with van der Waals surface area (Å²) >= 11 is 5.97. The molecule has 0 radical (unpaired) electrons. The lowest BCUT2D eigenvalue weighted by molar-refractivity contribution is -0.118. The zero-order chi connectivity index (χ0) is 21.6. The lowest BCUT2D eigenvalue weighted by Crippen LogP contribution is -2.31. The average Bonchev–Trinajstić information content (AvgIpc) is 2.68. The van der Waals surface area contributed by atoms with E-state index in [1.54, 1.807) is 13.8 Å². The Kier molecular flexibility index (Phi) is 7.60. The number of benzene rings is 2. The minimum Gasteiger partial charge on any atom is -0.482 e. The van der Waals surface area contributed by atoms with Crippen LogP contribution < -0.4 is 15.8 Å². The first-order valence-electron chi connectivity index (χ1n) is 8.81. The summed E-state index contributed by atoms with van der Waals surface area (Å²) in [5.74, 6) is -1.05. The smallest absolute Gasteiger partial charge is 0.262 e. The van der Waals surface area contributed by atoms with Gasteiger partial charge in [-0.25, -0.2) is 8.42 Å². The maximum atomic E-state index is 12.8. The molecule has 3 N–H and O–H groups in total. The fourth-order valence-electron chi connectivity index (χ4n) is 2.56. The Morgan fingerprint density at radius 3 is 2.28 bits per heavy atom. The van der Waals surface area contributed by atoms with Crippen molar-refractivity contribution < 1.29 is 22.7 Å². The van der Waals surface area contributed by atoms with Crippen molar-refractivity contribution in [2.24, 2.45) is 5.73 Å². The summed E-state index contributed by atoms with van der Waals surface area (Å²) in [5, 5.41) is 2.83. The first-order chi connectivity index (χ1) is 13.7. The Balaban J connectivity index is 2.14. The van der Waals surface area contributed by atoms with E-state index in [-0.39, 0.29) is 28.8 Å². The van der Waals surface area contributed by atoms with Gasteiger partial charge in [-0.15, -0.1) is 0 Å². The number of rotatable bonds is 9. The van der Waals surface area contributed by atoms with Gasteiger partial charge in [0.2, 0.25) is 15.9 Å². The van der Waals surface area contributed by atoms with Crippen LogP contribution in [0.3, 0.4) is 0 Å². The van der Waals surface area contributed by atoms with Crippen molar-refractivity contribution in [1.29, 1.82) is 0 Å². The van der Waals surface area contributed by atoms with E-state index >= 15 is 0 Å². The average molecular weight is 440 g/mol.